The van der Waals surface area contributed by atoms with E-state index in [2.05, 4.69) is 21.2 Å². The van der Waals surface area contributed by atoms with E-state index >= 15 is 0 Å². The minimum absolute atomic E-state index is 0.0296. The van der Waals surface area contributed by atoms with Gasteiger partial charge in [-0.2, -0.15) is 0 Å². The summed E-state index contributed by atoms with van der Waals surface area (Å²) < 4.78 is 6.35. The molecular formula is C20H25BrN2O2. The van der Waals surface area contributed by atoms with Crippen LogP contribution in [0.5, 0.6) is 5.75 Å². The largest absolute Gasteiger partial charge is 0.494 e. The zero-order chi connectivity index (χ0) is 18.4. The average molecular weight is 405 g/mol. The fraction of sp³-hybridized carbons (Fsp3) is 0.350. The zero-order valence-corrected chi connectivity index (χ0v) is 16.8. The fourth-order valence-electron chi connectivity index (χ4n) is 2.44. The van der Waals surface area contributed by atoms with Gasteiger partial charge in [0.2, 0.25) is 5.91 Å². The van der Waals surface area contributed by atoms with E-state index in [0.29, 0.717) is 13.2 Å². The summed E-state index contributed by atoms with van der Waals surface area (Å²) in [7, 11) is 1.95. The third-order valence-electron chi connectivity index (χ3n) is 4.09. The number of nitrogens with zero attached hydrogens (tertiary/aromatic N) is 1. The standard InChI is InChI=1S/C20H25BrN2O2/c1-5-25-17-9-7-16(8-10-17)13-23(4)15(3)20(24)22-19-11-6-14(2)12-18(19)21/h6-12,15H,5,13H2,1-4H3,(H,22,24). The molecule has 25 heavy (non-hydrogen) atoms. The fourth-order valence-corrected chi connectivity index (χ4v) is 3.03. The second-order valence-corrected chi connectivity index (χ2v) is 6.99. The Labute approximate surface area is 158 Å². The van der Waals surface area contributed by atoms with Crippen molar-refractivity contribution in [3.63, 3.8) is 0 Å². The lowest BCUT2D eigenvalue weighted by atomic mass is 10.1. The molecule has 0 aliphatic carbocycles. The van der Waals surface area contributed by atoms with E-state index in [9.17, 15) is 4.79 Å². The van der Waals surface area contributed by atoms with Crippen molar-refractivity contribution in [3.8, 4) is 5.75 Å². The summed E-state index contributed by atoms with van der Waals surface area (Å²) in [5, 5.41) is 2.98. The van der Waals surface area contributed by atoms with Crippen molar-refractivity contribution in [2.75, 3.05) is 19.0 Å². The molecule has 0 aliphatic heterocycles. The van der Waals surface area contributed by atoms with Crippen LogP contribution in [0.1, 0.15) is 25.0 Å². The van der Waals surface area contributed by atoms with Crippen LogP contribution in [0.15, 0.2) is 46.9 Å². The van der Waals surface area contributed by atoms with Gasteiger partial charge in [0, 0.05) is 11.0 Å². The van der Waals surface area contributed by atoms with Gasteiger partial charge in [-0.3, -0.25) is 9.69 Å². The highest BCUT2D eigenvalue weighted by atomic mass is 79.9. The van der Waals surface area contributed by atoms with Gasteiger partial charge in [-0.05, 0) is 79.1 Å². The third-order valence-corrected chi connectivity index (χ3v) is 4.75. The Balaban J connectivity index is 1.96. The van der Waals surface area contributed by atoms with Crippen molar-refractivity contribution in [3.05, 3.63) is 58.1 Å². The maximum atomic E-state index is 12.5. The average Bonchev–Trinajstić information content (AvgIpc) is 2.58. The maximum absolute atomic E-state index is 12.5. The van der Waals surface area contributed by atoms with Crippen LogP contribution in [0.2, 0.25) is 0 Å². The summed E-state index contributed by atoms with van der Waals surface area (Å²) in [4.78, 5) is 14.5. The number of carbonyl (C=O) groups excluding carboxylic acids is 1. The van der Waals surface area contributed by atoms with E-state index < -0.39 is 0 Å². The number of carbonyl (C=O) groups is 1. The minimum Gasteiger partial charge on any atom is -0.494 e. The summed E-state index contributed by atoms with van der Waals surface area (Å²) in [6.07, 6.45) is 0. The highest BCUT2D eigenvalue weighted by molar-refractivity contribution is 9.10. The predicted octanol–water partition coefficient (Wildman–Crippen LogP) is 4.62. The summed E-state index contributed by atoms with van der Waals surface area (Å²) in [6, 6.07) is 13.6. The molecule has 0 saturated carbocycles. The second kappa shape index (κ2) is 9.02. The molecule has 1 amide bonds. The number of ether oxygens (including phenoxy) is 1. The van der Waals surface area contributed by atoms with Gasteiger partial charge in [0.05, 0.1) is 18.3 Å². The highest BCUT2D eigenvalue weighted by Gasteiger charge is 2.19. The molecule has 1 N–H and O–H groups in total. The second-order valence-electron chi connectivity index (χ2n) is 6.14. The van der Waals surface area contributed by atoms with E-state index in [4.69, 9.17) is 4.74 Å². The molecule has 0 heterocycles. The molecule has 2 rings (SSSR count). The van der Waals surface area contributed by atoms with Crippen LogP contribution in [-0.4, -0.2) is 30.5 Å². The van der Waals surface area contributed by atoms with E-state index in [-0.39, 0.29) is 11.9 Å². The van der Waals surface area contributed by atoms with Gasteiger partial charge in [0.25, 0.3) is 0 Å². The normalized spacial score (nSPS) is 12.1. The van der Waals surface area contributed by atoms with Gasteiger partial charge < -0.3 is 10.1 Å². The van der Waals surface area contributed by atoms with Crippen LogP contribution in [0.3, 0.4) is 0 Å². The van der Waals surface area contributed by atoms with Crippen molar-refractivity contribution in [1.82, 2.24) is 4.90 Å². The number of rotatable bonds is 7. The predicted molar refractivity (Wildman–Crippen MR) is 106 cm³/mol. The van der Waals surface area contributed by atoms with Gasteiger partial charge in [0.1, 0.15) is 5.75 Å². The van der Waals surface area contributed by atoms with Crippen LogP contribution in [0.25, 0.3) is 0 Å². The van der Waals surface area contributed by atoms with Crippen LogP contribution < -0.4 is 10.1 Å². The quantitative estimate of drug-likeness (QED) is 0.731. The van der Waals surface area contributed by atoms with Crippen molar-refractivity contribution >= 4 is 27.5 Å². The molecule has 0 aromatic heterocycles. The number of likely N-dealkylation sites (N-methyl/N-ethyl adjacent to an activating group) is 1. The third kappa shape index (κ3) is 5.58. The lowest BCUT2D eigenvalue weighted by molar-refractivity contribution is -0.120. The minimum atomic E-state index is -0.250. The summed E-state index contributed by atoms with van der Waals surface area (Å²) in [6.45, 7) is 7.24. The molecule has 5 heteroatoms. The first kappa shape index (κ1) is 19.5. The maximum Gasteiger partial charge on any atom is 0.241 e. The number of aryl methyl sites for hydroxylation is 1. The van der Waals surface area contributed by atoms with Gasteiger partial charge in [-0.25, -0.2) is 0 Å². The number of hydrogen-bond acceptors (Lipinski definition) is 3. The van der Waals surface area contributed by atoms with Crippen LogP contribution in [0.4, 0.5) is 5.69 Å². The molecule has 2 aromatic carbocycles. The first-order valence-corrected chi connectivity index (χ1v) is 9.19. The molecular weight excluding hydrogens is 380 g/mol. The Morgan fingerprint density at radius 1 is 1.24 bits per heavy atom. The summed E-state index contributed by atoms with van der Waals surface area (Å²) >= 11 is 3.49. The lowest BCUT2D eigenvalue weighted by Gasteiger charge is -2.24. The smallest absolute Gasteiger partial charge is 0.241 e. The molecule has 4 nitrogen and oxygen atoms in total. The highest BCUT2D eigenvalue weighted by Crippen LogP contribution is 2.24. The summed E-state index contributed by atoms with van der Waals surface area (Å²) in [5.74, 6) is 0.835. The van der Waals surface area contributed by atoms with Gasteiger partial charge in [0.15, 0.2) is 0 Å². The first-order chi connectivity index (χ1) is 11.9. The van der Waals surface area contributed by atoms with Crippen molar-refractivity contribution < 1.29 is 9.53 Å². The number of benzene rings is 2. The molecule has 2 aromatic rings. The van der Waals surface area contributed by atoms with Crippen LogP contribution in [-0.2, 0) is 11.3 Å². The number of hydrogen-bond donors (Lipinski definition) is 1. The van der Waals surface area contributed by atoms with Gasteiger partial charge >= 0.3 is 0 Å². The Kier molecular flexibility index (Phi) is 7.02. The molecule has 0 saturated heterocycles. The molecule has 0 bridgehead atoms. The number of halogens is 1. The lowest BCUT2D eigenvalue weighted by Crippen LogP contribution is -2.39. The Morgan fingerprint density at radius 3 is 2.52 bits per heavy atom. The zero-order valence-electron chi connectivity index (χ0n) is 15.2. The van der Waals surface area contributed by atoms with E-state index in [0.717, 1.165) is 27.0 Å². The van der Waals surface area contributed by atoms with Crippen molar-refractivity contribution in [2.24, 2.45) is 0 Å². The molecule has 0 radical (unpaired) electrons. The Morgan fingerprint density at radius 2 is 1.92 bits per heavy atom. The molecule has 0 spiro atoms. The number of amides is 1. The number of anilines is 1. The van der Waals surface area contributed by atoms with Crippen molar-refractivity contribution in [1.29, 1.82) is 0 Å². The van der Waals surface area contributed by atoms with E-state index in [1.807, 2.05) is 75.2 Å². The van der Waals surface area contributed by atoms with E-state index in [1.165, 1.54) is 0 Å². The molecule has 134 valence electrons. The molecule has 1 unspecified atom stereocenters. The SMILES string of the molecule is CCOc1ccc(CN(C)C(C)C(=O)Nc2ccc(C)cc2Br)cc1. The Hall–Kier alpha value is -1.85. The Bertz CT molecular complexity index is 716. The van der Waals surface area contributed by atoms with Crippen LogP contribution >= 0.6 is 15.9 Å². The topological polar surface area (TPSA) is 41.6 Å². The first-order valence-electron chi connectivity index (χ1n) is 8.39. The molecule has 0 fully saturated rings. The van der Waals surface area contributed by atoms with Gasteiger partial charge in [-0.1, -0.05) is 18.2 Å². The van der Waals surface area contributed by atoms with Crippen LogP contribution in [0, 0.1) is 6.92 Å². The van der Waals surface area contributed by atoms with Crippen molar-refractivity contribution in [2.45, 2.75) is 33.4 Å². The monoisotopic (exact) mass is 404 g/mol. The van der Waals surface area contributed by atoms with Gasteiger partial charge in [-0.15, -0.1) is 0 Å². The van der Waals surface area contributed by atoms with E-state index in [1.54, 1.807) is 0 Å². The number of nitrogens with one attached hydrogen (secondary N) is 1. The molecule has 1 atom stereocenters. The summed E-state index contributed by atoms with van der Waals surface area (Å²) in [5.41, 5.74) is 3.07. The molecule has 0 aliphatic rings.